The van der Waals surface area contributed by atoms with E-state index in [2.05, 4.69) is 13.8 Å². The molecule has 2 unspecified atom stereocenters. The van der Waals surface area contributed by atoms with Gasteiger partial charge in [0.25, 0.3) is 0 Å². The summed E-state index contributed by atoms with van der Waals surface area (Å²) in [5.74, 6) is 0.296. The van der Waals surface area contributed by atoms with Crippen LogP contribution in [0.25, 0.3) is 0 Å². The van der Waals surface area contributed by atoms with E-state index < -0.39 is 0 Å². The number of aliphatic hydroxyl groups is 1. The number of rotatable bonds is 4. The van der Waals surface area contributed by atoms with Gasteiger partial charge in [0.1, 0.15) is 0 Å². The molecule has 16 heavy (non-hydrogen) atoms. The van der Waals surface area contributed by atoms with Gasteiger partial charge in [0.15, 0.2) is 0 Å². The zero-order valence-electron chi connectivity index (χ0n) is 10.5. The number of aliphatic hydroxyl groups excluding tert-OH is 1. The highest BCUT2D eigenvalue weighted by Gasteiger charge is 2.18. The zero-order valence-corrected chi connectivity index (χ0v) is 11.3. The maximum absolute atomic E-state index is 10.3. The van der Waals surface area contributed by atoms with Gasteiger partial charge in [-0.1, -0.05) is 37.9 Å². The molecule has 1 N–H and O–H groups in total. The number of benzene rings is 1. The fourth-order valence-corrected chi connectivity index (χ4v) is 2.26. The Bertz CT molecular complexity index is 360. The van der Waals surface area contributed by atoms with E-state index in [1.54, 1.807) is 0 Å². The lowest BCUT2D eigenvalue weighted by molar-refractivity contribution is 0.111. The molecule has 0 heterocycles. The van der Waals surface area contributed by atoms with Crippen molar-refractivity contribution in [3.63, 3.8) is 0 Å². The molecule has 0 bridgehead atoms. The summed E-state index contributed by atoms with van der Waals surface area (Å²) in [5.41, 5.74) is 3.12. The van der Waals surface area contributed by atoms with Crippen LogP contribution in [-0.2, 0) is 0 Å². The van der Waals surface area contributed by atoms with Gasteiger partial charge in [-0.05, 0) is 48.9 Å². The SMILES string of the molecule is CCCC(C)C(O)c1cc(C)c(Cl)cc1C. The van der Waals surface area contributed by atoms with Crippen LogP contribution < -0.4 is 0 Å². The monoisotopic (exact) mass is 240 g/mol. The molecule has 2 atom stereocenters. The molecule has 0 spiro atoms. The van der Waals surface area contributed by atoms with E-state index in [-0.39, 0.29) is 6.10 Å². The van der Waals surface area contributed by atoms with Crippen LogP contribution in [0, 0.1) is 19.8 Å². The number of hydrogen-bond acceptors (Lipinski definition) is 1. The van der Waals surface area contributed by atoms with E-state index in [1.165, 1.54) is 0 Å². The average molecular weight is 241 g/mol. The van der Waals surface area contributed by atoms with Crippen LogP contribution in [0.2, 0.25) is 5.02 Å². The third kappa shape index (κ3) is 2.99. The summed E-state index contributed by atoms with van der Waals surface area (Å²) in [6.07, 6.45) is 1.77. The predicted molar refractivity (Wildman–Crippen MR) is 70.0 cm³/mol. The highest BCUT2D eigenvalue weighted by Crippen LogP contribution is 2.30. The second kappa shape index (κ2) is 5.70. The third-order valence-electron chi connectivity index (χ3n) is 3.15. The molecule has 0 radical (unpaired) electrons. The van der Waals surface area contributed by atoms with Gasteiger partial charge in [-0.15, -0.1) is 0 Å². The lowest BCUT2D eigenvalue weighted by atomic mass is 9.90. The van der Waals surface area contributed by atoms with Crippen molar-refractivity contribution >= 4 is 11.6 Å². The minimum Gasteiger partial charge on any atom is -0.388 e. The van der Waals surface area contributed by atoms with E-state index in [0.29, 0.717) is 5.92 Å². The molecule has 1 nitrogen and oxygen atoms in total. The molecule has 90 valence electrons. The summed E-state index contributed by atoms with van der Waals surface area (Å²) in [6.45, 7) is 8.21. The summed E-state index contributed by atoms with van der Waals surface area (Å²) >= 11 is 6.05. The van der Waals surface area contributed by atoms with E-state index in [0.717, 1.165) is 34.6 Å². The highest BCUT2D eigenvalue weighted by atomic mass is 35.5. The number of aryl methyl sites for hydroxylation is 2. The Labute approximate surface area is 103 Å². The van der Waals surface area contributed by atoms with Gasteiger partial charge in [0, 0.05) is 5.02 Å². The lowest BCUT2D eigenvalue weighted by Crippen LogP contribution is -2.10. The summed E-state index contributed by atoms with van der Waals surface area (Å²) in [4.78, 5) is 0. The Balaban J connectivity index is 2.99. The molecule has 2 heteroatoms. The molecule has 0 saturated heterocycles. The number of halogens is 1. The van der Waals surface area contributed by atoms with Crippen LogP contribution in [-0.4, -0.2) is 5.11 Å². The smallest absolute Gasteiger partial charge is 0.0818 e. The molecule has 0 saturated carbocycles. The first kappa shape index (κ1) is 13.5. The van der Waals surface area contributed by atoms with Gasteiger partial charge < -0.3 is 5.11 Å². The average Bonchev–Trinajstić information content (AvgIpc) is 2.23. The quantitative estimate of drug-likeness (QED) is 0.826. The summed E-state index contributed by atoms with van der Waals surface area (Å²) in [6, 6.07) is 3.95. The third-order valence-corrected chi connectivity index (χ3v) is 3.56. The van der Waals surface area contributed by atoms with Gasteiger partial charge in [-0.25, -0.2) is 0 Å². The van der Waals surface area contributed by atoms with Crippen molar-refractivity contribution < 1.29 is 5.11 Å². The Morgan fingerprint density at radius 1 is 1.25 bits per heavy atom. The van der Waals surface area contributed by atoms with Crippen molar-refractivity contribution in [2.75, 3.05) is 0 Å². The minimum absolute atomic E-state index is 0.296. The molecule has 1 aromatic carbocycles. The summed E-state index contributed by atoms with van der Waals surface area (Å²) in [5, 5.41) is 11.0. The molecule has 0 aliphatic rings. The lowest BCUT2D eigenvalue weighted by Gasteiger charge is -2.21. The Morgan fingerprint density at radius 2 is 1.88 bits per heavy atom. The van der Waals surface area contributed by atoms with Crippen molar-refractivity contribution in [3.05, 3.63) is 33.8 Å². The second-order valence-corrected chi connectivity index (χ2v) is 5.08. The molecule has 0 aliphatic carbocycles. The topological polar surface area (TPSA) is 20.2 Å². The van der Waals surface area contributed by atoms with E-state index in [4.69, 9.17) is 11.6 Å². The van der Waals surface area contributed by atoms with E-state index in [9.17, 15) is 5.11 Å². The number of hydrogen-bond donors (Lipinski definition) is 1. The van der Waals surface area contributed by atoms with Crippen LogP contribution >= 0.6 is 11.6 Å². The van der Waals surface area contributed by atoms with Crippen molar-refractivity contribution in [2.45, 2.75) is 46.6 Å². The first-order chi connectivity index (χ1) is 7.47. The Kier molecular flexibility index (Phi) is 4.82. The predicted octanol–water partition coefficient (Wildman–Crippen LogP) is 4.43. The molecule has 1 aromatic rings. The van der Waals surface area contributed by atoms with Crippen LogP contribution in [0.1, 0.15) is 49.5 Å². The van der Waals surface area contributed by atoms with Crippen LogP contribution in [0.4, 0.5) is 0 Å². The molecule has 0 amide bonds. The van der Waals surface area contributed by atoms with Crippen molar-refractivity contribution in [3.8, 4) is 0 Å². The van der Waals surface area contributed by atoms with Crippen LogP contribution in [0.15, 0.2) is 12.1 Å². The zero-order chi connectivity index (χ0) is 12.3. The summed E-state index contributed by atoms with van der Waals surface area (Å²) in [7, 11) is 0. The van der Waals surface area contributed by atoms with Gasteiger partial charge in [0.05, 0.1) is 6.10 Å². The minimum atomic E-state index is -0.379. The summed E-state index contributed by atoms with van der Waals surface area (Å²) < 4.78 is 0. The van der Waals surface area contributed by atoms with E-state index in [1.807, 2.05) is 26.0 Å². The van der Waals surface area contributed by atoms with Crippen molar-refractivity contribution in [1.82, 2.24) is 0 Å². The maximum Gasteiger partial charge on any atom is 0.0818 e. The van der Waals surface area contributed by atoms with Crippen LogP contribution in [0.3, 0.4) is 0 Å². The Hall–Kier alpha value is -0.530. The second-order valence-electron chi connectivity index (χ2n) is 4.67. The molecule has 0 aromatic heterocycles. The van der Waals surface area contributed by atoms with Crippen LogP contribution in [0.5, 0.6) is 0 Å². The molecule has 0 fully saturated rings. The molecule has 0 aliphatic heterocycles. The Morgan fingerprint density at radius 3 is 2.44 bits per heavy atom. The fourth-order valence-electron chi connectivity index (χ4n) is 2.04. The maximum atomic E-state index is 10.3. The largest absolute Gasteiger partial charge is 0.388 e. The molecular weight excluding hydrogens is 220 g/mol. The standard InChI is InChI=1S/C14H21ClO/c1-5-6-9(2)14(16)12-7-11(4)13(15)8-10(12)3/h7-9,14,16H,5-6H2,1-4H3. The molecular formula is C14H21ClO. The first-order valence-electron chi connectivity index (χ1n) is 5.92. The molecule has 1 rings (SSSR count). The van der Waals surface area contributed by atoms with Gasteiger partial charge in [-0.2, -0.15) is 0 Å². The highest BCUT2D eigenvalue weighted by molar-refractivity contribution is 6.31. The van der Waals surface area contributed by atoms with Gasteiger partial charge >= 0.3 is 0 Å². The fraction of sp³-hybridized carbons (Fsp3) is 0.571. The van der Waals surface area contributed by atoms with Crippen molar-refractivity contribution in [2.24, 2.45) is 5.92 Å². The normalized spacial score (nSPS) is 14.9. The van der Waals surface area contributed by atoms with Gasteiger partial charge in [-0.3, -0.25) is 0 Å². The first-order valence-corrected chi connectivity index (χ1v) is 6.29. The van der Waals surface area contributed by atoms with Crippen molar-refractivity contribution in [1.29, 1.82) is 0 Å². The van der Waals surface area contributed by atoms with Gasteiger partial charge in [0.2, 0.25) is 0 Å². The van der Waals surface area contributed by atoms with E-state index >= 15 is 0 Å².